The quantitative estimate of drug-likeness (QED) is 0.731. The summed E-state index contributed by atoms with van der Waals surface area (Å²) in [7, 11) is -3.43. The third-order valence-corrected chi connectivity index (χ3v) is 2.61. The molecule has 0 radical (unpaired) electrons. The van der Waals surface area contributed by atoms with Crippen LogP contribution in [0.25, 0.3) is 6.08 Å². The highest BCUT2D eigenvalue weighted by Gasteiger charge is 1.97. The smallest absolute Gasteiger partial charge is 0.193 e. The van der Waals surface area contributed by atoms with Gasteiger partial charge in [0.1, 0.15) is 0 Å². The molecule has 0 fully saturated rings. The van der Waals surface area contributed by atoms with Crippen LogP contribution < -0.4 is 0 Å². The summed E-state index contributed by atoms with van der Waals surface area (Å²) in [6.07, 6.45) is 2.42. The summed E-state index contributed by atoms with van der Waals surface area (Å²) in [5.41, 5.74) is 0.798. The Kier molecular flexibility index (Phi) is 3.83. The van der Waals surface area contributed by atoms with Gasteiger partial charge in [-0.3, -0.25) is 0 Å². The number of hydrogen-bond acceptors (Lipinski definition) is 3. The normalized spacial score (nSPS) is 11.9. The maximum atomic E-state index is 11.2. The first-order chi connectivity index (χ1) is 7.14. The molecule has 0 aliphatic carbocycles. The Morgan fingerprint density at radius 1 is 1.13 bits per heavy atom. The first-order valence-electron chi connectivity index (χ1n) is 4.18. The number of allylic oxidation sites excluding steroid dienone is 1. The zero-order valence-corrected chi connectivity index (χ0v) is 8.68. The van der Waals surface area contributed by atoms with Crippen LogP contribution in [-0.4, -0.2) is 8.42 Å². The third kappa shape index (κ3) is 4.25. The first-order valence-corrected chi connectivity index (χ1v) is 5.79. The number of hydrogen-bond donors (Lipinski definition) is 0. The average molecular weight is 219 g/mol. The van der Waals surface area contributed by atoms with Crippen molar-refractivity contribution >= 4 is 15.9 Å². The van der Waals surface area contributed by atoms with Gasteiger partial charge in [-0.15, -0.1) is 0 Å². The summed E-state index contributed by atoms with van der Waals surface area (Å²) in [5, 5.41) is 10.1. The first kappa shape index (κ1) is 11.2. The summed E-state index contributed by atoms with van der Waals surface area (Å²) in [5.74, 6) is 0. The molecule has 0 aliphatic heterocycles. The fourth-order valence-electron chi connectivity index (χ4n) is 0.908. The largest absolute Gasteiger partial charge is 0.220 e. The number of nitriles is 1. The summed E-state index contributed by atoms with van der Waals surface area (Å²) in [6, 6.07) is 10.7. The maximum absolute atomic E-state index is 11.2. The van der Waals surface area contributed by atoms with E-state index in [1.165, 1.54) is 6.08 Å². The van der Waals surface area contributed by atoms with Crippen LogP contribution in [0.15, 0.2) is 47.2 Å². The van der Waals surface area contributed by atoms with Gasteiger partial charge in [-0.05, 0) is 11.6 Å². The van der Waals surface area contributed by atoms with Crippen molar-refractivity contribution in [1.82, 2.24) is 0 Å². The van der Waals surface area contributed by atoms with Crippen molar-refractivity contribution in [3.8, 4) is 6.07 Å². The Morgan fingerprint density at radius 2 is 1.80 bits per heavy atom. The molecule has 0 atom stereocenters. The van der Waals surface area contributed by atoms with Crippen LogP contribution in [0.4, 0.5) is 0 Å². The molecule has 0 heterocycles. The molecule has 4 heteroatoms. The Bertz CT molecular complexity index is 507. The van der Waals surface area contributed by atoms with Crippen LogP contribution in [0.2, 0.25) is 0 Å². The lowest BCUT2D eigenvalue weighted by molar-refractivity contribution is 0.613. The second kappa shape index (κ2) is 5.13. The molecule has 0 aromatic heterocycles. The SMILES string of the molecule is N#CC=CS(=O)(=O)C=Cc1ccccc1. The lowest BCUT2D eigenvalue weighted by atomic mass is 10.2. The standard InChI is InChI=1S/C11H9NO2S/c12-8-4-9-15(13,14)10-7-11-5-2-1-3-6-11/h1-7,9-10H. The molecule has 1 aromatic carbocycles. The molecule has 0 bridgehead atoms. The van der Waals surface area contributed by atoms with E-state index in [0.717, 1.165) is 22.5 Å². The third-order valence-electron chi connectivity index (χ3n) is 1.58. The monoisotopic (exact) mass is 219 g/mol. The van der Waals surface area contributed by atoms with Gasteiger partial charge in [-0.25, -0.2) is 8.42 Å². The highest BCUT2D eigenvalue weighted by molar-refractivity contribution is 7.97. The van der Waals surface area contributed by atoms with Crippen molar-refractivity contribution in [3.05, 3.63) is 52.8 Å². The fraction of sp³-hybridized carbons (Fsp3) is 0. The topological polar surface area (TPSA) is 57.9 Å². The molecule has 15 heavy (non-hydrogen) atoms. The fourth-order valence-corrected chi connectivity index (χ4v) is 1.60. The zero-order valence-electron chi connectivity index (χ0n) is 7.87. The molecule has 1 rings (SSSR count). The molecule has 1 aromatic rings. The van der Waals surface area contributed by atoms with Crippen molar-refractivity contribution in [2.75, 3.05) is 0 Å². The Balaban J connectivity index is 2.84. The second-order valence-electron chi connectivity index (χ2n) is 2.73. The van der Waals surface area contributed by atoms with Crippen LogP contribution in [0.5, 0.6) is 0 Å². The van der Waals surface area contributed by atoms with Gasteiger partial charge in [0.05, 0.1) is 6.07 Å². The number of nitrogens with zero attached hydrogens (tertiary/aromatic N) is 1. The molecular formula is C11H9NO2S. The van der Waals surface area contributed by atoms with Crippen molar-refractivity contribution in [2.24, 2.45) is 0 Å². The van der Waals surface area contributed by atoms with Crippen molar-refractivity contribution in [2.45, 2.75) is 0 Å². The molecule has 0 spiro atoms. The van der Waals surface area contributed by atoms with E-state index in [0.29, 0.717) is 0 Å². The predicted octanol–water partition coefficient (Wildman–Crippen LogP) is 2.11. The molecule has 0 aliphatic rings. The van der Waals surface area contributed by atoms with E-state index < -0.39 is 9.84 Å². The van der Waals surface area contributed by atoms with Crippen molar-refractivity contribution in [3.63, 3.8) is 0 Å². The van der Waals surface area contributed by atoms with Gasteiger partial charge in [-0.1, -0.05) is 30.3 Å². The van der Waals surface area contributed by atoms with Crippen LogP contribution in [0, 0.1) is 11.3 Å². The highest BCUT2D eigenvalue weighted by Crippen LogP contribution is 2.04. The Hall–Kier alpha value is -1.86. The van der Waals surface area contributed by atoms with E-state index in [1.54, 1.807) is 18.2 Å². The minimum Gasteiger partial charge on any atom is -0.220 e. The van der Waals surface area contributed by atoms with Crippen molar-refractivity contribution < 1.29 is 8.42 Å². The minimum absolute atomic E-state index is 0.798. The maximum Gasteiger partial charge on any atom is 0.193 e. The van der Waals surface area contributed by atoms with E-state index in [1.807, 2.05) is 18.2 Å². The van der Waals surface area contributed by atoms with Crippen LogP contribution in [0.3, 0.4) is 0 Å². The molecule has 3 nitrogen and oxygen atoms in total. The van der Waals surface area contributed by atoms with Gasteiger partial charge >= 0.3 is 0 Å². The lowest BCUT2D eigenvalue weighted by Crippen LogP contribution is -1.87. The van der Waals surface area contributed by atoms with E-state index in [4.69, 9.17) is 5.26 Å². The Morgan fingerprint density at radius 3 is 2.40 bits per heavy atom. The molecule has 0 amide bonds. The van der Waals surface area contributed by atoms with Gasteiger partial charge in [0.2, 0.25) is 0 Å². The summed E-state index contributed by atoms with van der Waals surface area (Å²) in [6.45, 7) is 0. The number of benzene rings is 1. The molecule has 0 unspecified atom stereocenters. The highest BCUT2D eigenvalue weighted by atomic mass is 32.2. The minimum atomic E-state index is -3.43. The van der Waals surface area contributed by atoms with E-state index >= 15 is 0 Å². The number of sulfone groups is 1. The molecule has 0 N–H and O–H groups in total. The number of rotatable bonds is 3. The summed E-state index contributed by atoms with van der Waals surface area (Å²) >= 11 is 0. The lowest BCUT2D eigenvalue weighted by Gasteiger charge is -1.90. The molecule has 0 saturated heterocycles. The summed E-state index contributed by atoms with van der Waals surface area (Å²) in [4.78, 5) is 0. The predicted molar refractivity (Wildman–Crippen MR) is 59.1 cm³/mol. The van der Waals surface area contributed by atoms with Gasteiger partial charge in [-0.2, -0.15) is 5.26 Å². The van der Waals surface area contributed by atoms with E-state index in [9.17, 15) is 8.42 Å². The molecule has 76 valence electrons. The van der Waals surface area contributed by atoms with E-state index in [2.05, 4.69) is 0 Å². The van der Waals surface area contributed by atoms with Crippen LogP contribution >= 0.6 is 0 Å². The van der Waals surface area contributed by atoms with Gasteiger partial charge < -0.3 is 0 Å². The molecular weight excluding hydrogens is 210 g/mol. The van der Waals surface area contributed by atoms with Crippen LogP contribution in [0.1, 0.15) is 5.56 Å². The van der Waals surface area contributed by atoms with Gasteiger partial charge in [0.15, 0.2) is 9.84 Å². The average Bonchev–Trinajstić information content (AvgIpc) is 2.25. The molecule has 0 saturated carbocycles. The second-order valence-corrected chi connectivity index (χ2v) is 4.46. The van der Waals surface area contributed by atoms with Gasteiger partial charge in [0.25, 0.3) is 0 Å². The Labute approximate surface area is 88.9 Å². The van der Waals surface area contributed by atoms with Crippen LogP contribution in [-0.2, 0) is 9.84 Å². The van der Waals surface area contributed by atoms with Gasteiger partial charge in [0, 0.05) is 16.9 Å². The summed E-state index contributed by atoms with van der Waals surface area (Å²) < 4.78 is 22.5. The van der Waals surface area contributed by atoms with Crippen molar-refractivity contribution in [1.29, 1.82) is 5.26 Å². The zero-order chi connectivity index (χ0) is 11.1. The van der Waals surface area contributed by atoms with E-state index in [-0.39, 0.29) is 0 Å².